The van der Waals surface area contributed by atoms with Crippen LogP contribution in [0.3, 0.4) is 0 Å². The highest BCUT2D eigenvalue weighted by atomic mass is 16.4. The molecule has 0 bridgehead atoms. The first kappa shape index (κ1) is 17.4. The molecule has 0 spiro atoms. The largest absolute Gasteiger partial charge is 0.481 e. The Balaban J connectivity index is 1.46. The lowest BCUT2D eigenvalue weighted by Gasteiger charge is -2.23. The first-order valence-electron chi connectivity index (χ1n) is 9.31. The Morgan fingerprint density at radius 3 is 2.67 bits per heavy atom. The maximum atomic E-state index is 12.6. The summed E-state index contributed by atoms with van der Waals surface area (Å²) in [7, 11) is 0. The van der Waals surface area contributed by atoms with Crippen LogP contribution in [0.25, 0.3) is 0 Å². The average Bonchev–Trinajstić information content (AvgIpc) is 3.31. The number of urea groups is 1. The van der Waals surface area contributed by atoms with Crippen LogP contribution in [0.5, 0.6) is 0 Å². The third kappa shape index (κ3) is 3.60. The topological polar surface area (TPSA) is 72.9 Å². The molecule has 0 aromatic heterocycles. The van der Waals surface area contributed by atoms with E-state index in [1.807, 2.05) is 24.3 Å². The van der Waals surface area contributed by atoms with E-state index < -0.39 is 11.9 Å². The average molecular weight is 365 g/mol. The number of rotatable bonds is 4. The number of nitrogens with zero attached hydrogens (tertiary/aromatic N) is 2. The summed E-state index contributed by atoms with van der Waals surface area (Å²) in [5.74, 6) is -1.30. The van der Waals surface area contributed by atoms with Gasteiger partial charge in [-0.1, -0.05) is 36.4 Å². The zero-order chi connectivity index (χ0) is 18.8. The predicted molar refractivity (Wildman–Crippen MR) is 104 cm³/mol. The van der Waals surface area contributed by atoms with Crippen LogP contribution in [0.4, 0.5) is 16.2 Å². The Morgan fingerprint density at radius 2 is 1.85 bits per heavy atom. The number of aliphatic carboxylic acids is 1. The van der Waals surface area contributed by atoms with Gasteiger partial charge in [0.2, 0.25) is 0 Å². The number of carboxylic acids is 1. The van der Waals surface area contributed by atoms with Crippen molar-refractivity contribution < 1.29 is 14.7 Å². The van der Waals surface area contributed by atoms with E-state index in [0.29, 0.717) is 13.0 Å². The Kier molecular flexibility index (Phi) is 4.71. The third-order valence-electron chi connectivity index (χ3n) is 5.43. The maximum absolute atomic E-state index is 12.6. The van der Waals surface area contributed by atoms with Crippen molar-refractivity contribution in [3.8, 4) is 0 Å². The molecule has 1 atom stereocenters. The van der Waals surface area contributed by atoms with Gasteiger partial charge in [-0.05, 0) is 36.1 Å². The number of benzene rings is 2. The molecule has 2 aromatic carbocycles. The van der Waals surface area contributed by atoms with Crippen LogP contribution < -0.4 is 10.2 Å². The van der Waals surface area contributed by atoms with Crippen LogP contribution in [-0.2, 0) is 17.8 Å². The van der Waals surface area contributed by atoms with Gasteiger partial charge >= 0.3 is 12.0 Å². The standard InChI is InChI=1S/C21H23N3O3/c25-20(26)17-10-12-24(14-17)21(27)22-18-7-3-1-6-16(18)13-23-11-9-15-5-2-4-8-19(15)23/h1-8,17H,9-14H2,(H,22,27)(H,25,26). The van der Waals surface area contributed by atoms with Crippen molar-refractivity contribution in [1.82, 2.24) is 4.90 Å². The molecule has 27 heavy (non-hydrogen) atoms. The molecule has 2 heterocycles. The van der Waals surface area contributed by atoms with E-state index in [1.165, 1.54) is 11.3 Å². The van der Waals surface area contributed by atoms with Gasteiger partial charge in [0.15, 0.2) is 0 Å². The molecule has 1 saturated heterocycles. The van der Waals surface area contributed by atoms with E-state index in [4.69, 9.17) is 5.11 Å². The van der Waals surface area contributed by atoms with Crippen LogP contribution >= 0.6 is 0 Å². The van der Waals surface area contributed by atoms with Gasteiger partial charge in [-0.3, -0.25) is 4.79 Å². The molecule has 140 valence electrons. The molecule has 0 radical (unpaired) electrons. The summed E-state index contributed by atoms with van der Waals surface area (Å²) in [6, 6.07) is 16.0. The van der Waals surface area contributed by atoms with Crippen LogP contribution in [0.15, 0.2) is 48.5 Å². The van der Waals surface area contributed by atoms with Gasteiger partial charge < -0.3 is 20.2 Å². The van der Waals surface area contributed by atoms with Gasteiger partial charge in [-0.15, -0.1) is 0 Å². The lowest BCUT2D eigenvalue weighted by molar-refractivity contribution is -0.141. The van der Waals surface area contributed by atoms with Crippen molar-refractivity contribution in [3.05, 3.63) is 59.7 Å². The predicted octanol–water partition coefficient (Wildman–Crippen LogP) is 3.19. The fourth-order valence-electron chi connectivity index (χ4n) is 3.90. The van der Waals surface area contributed by atoms with E-state index in [-0.39, 0.29) is 12.6 Å². The Morgan fingerprint density at radius 1 is 1.07 bits per heavy atom. The van der Waals surface area contributed by atoms with E-state index in [0.717, 1.165) is 30.8 Å². The number of likely N-dealkylation sites (tertiary alicyclic amines) is 1. The number of hydrogen-bond acceptors (Lipinski definition) is 3. The van der Waals surface area contributed by atoms with Crippen molar-refractivity contribution >= 4 is 23.4 Å². The highest BCUT2D eigenvalue weighted by Gasteiger charge is 2.31. The molecule has 2 aliphatic heterocycles. The van der Waals surface area contributed by atoms with Crippen LogP contribution in [0.1, 0.15) is 17.5 Å². The highest BCUT2D eigenvalue weighted by Crippen LogP contribution is 2.30. The van der Waals surface area contributed by atoms with Crippen LogP contribution in [0.2, 0.25) is 0 Å². The molecule has 2 aliphatic rings. The van der Waals surface area contributed by atoms with Gasteiger partial charge in [0.05, 0.1) is 5.92 Å². The molecular formula is C21H23N3O3. The maximum Gasteiger partial charge on any atom is 0.321 e. The summed E-state index contributed by atoms with van der Waals surface area (Å²) in [6.07, 6.45) is 1.55. The first-order valence-corrected chi connectivity index (χ1v) is 9.31. The molecule has 2 amide bonds. The summed E-state index contributed by atoms with van der Waals surface area (Å²) in [5.41, 5.74) is 4.44. The van der Waals surface area contributed by atoms with Crippen molar-refractivity contribution in [3.63, 3.8) is 0 Å². The van der Waals surface area contributed by atoms with Crippen molar-refractivity contribution in [2.75, 3.05) is 29.9 Å². The Bertz CT molecular complexity index is 867. The number of nitrogens with one attached hydrogen (secondary N) is 1. The van der Waals surface area contributed by atoms with Crippen LogP contribution in [-0.4, -0.2) is 41.6 Å². The van der Waals surface area contributed by atoms with E-state index >= 15 is 0 Å². The zero-order valence-electron chi connectivity index (χ0n) is 15.1. The number of carbonyl (C=O) groups is 2. The number of fused-ring (bicyclic) bond motifs is 1. The van der Waals surface area contributed by atoms with Crippen LogP contribution in [0, 0.1) is 5.92 Å². The summed E-state index contributed by atoms with van der Waals surface area (Å²) in [5, 5.41) is 12.1. The van der Waals surface area contributed by atoms with Gasteiger partial charge in [0.25, 0.3) is 0 Å². The van der Waals surface area contributed by atoms with Gasteiger partial charge in [0, 0.05) is 37.6 Å². The zero-order valence-corrected chi connectivity index (χ0v) is 15.1. The molecule has 1 fully saturated rings. The number of para-hydroxylation sites is 2. The molecular weight excluding hydrogens is 342 g/mol. The first-order chi connectivity index (χ1) is 13.1. The second-order valence-electron chi connectivity index (χ2n) is 7.16. The lowest BCUT2D eigenvalue weighted by atomic mass is 10.1. The monoisotopic (exact) mass is 365 g/mol. The van der Waals surface area contributed by atoms with Gasteiger partial charge in [0.1, 0.15) is 0 Å². The van der Waals surface area contributed by atoms with E-state index in [9.17, 15) is 9.59 Å². The number of hydrogen-bond donors (Lipinski definition) is 2. The minimum atomic E-state index is -0.835. The fraction of sp³-hybridized carbons (Fsp3) is 0.333. The van der Waals surface area contributed by atoms with Crippen molar-refractivity contribution in [2.24, 2.45) is 5.92 Å². The van der Waals surface area contributed by atoms with Crippen molar-refractivity contribution in [2.45, 2.75) is 19.4 Å². The Hall–Kier alpha value is -3.02. The fourth-order valence-corrected chi connectivity index (χ4v) is 3.90. The molecule has 2 N–H and O–H groups in total. The van der Waals surface area contributed by atoms with Crippen molar-refractivity contribution in [1.29, 1.82) is 0 Å². The minimum Gasteiger partial charge on any atom is -0.481 e. The lowest BCUT2D eigenvalue weighted by Crippen LogP contribution is -2.34. The van der Waals surface area contributed by atoms with E-state index in [1.54, 1.807) is 4.90 Å². The number of amides is 2. The van der Waals surface area contributed by atoms with Gasteiger partial charge in [-0.2, -0.15) is 0 Å². The molecule has 0 aliphatic carbocycles. The third-order valence-corrected chi connectivity index (χ3v) is 5.43. The summed E-state index contributed by atoms with van der Waals surface area (Å²) < 4.78 is 0. The molecule has 4 rings (SSSR count). The highest BCUT2D eigenvalue weighted by molar-refractivity contribution is 5.91. The molecule has 6 nitrogen and oxygen atoms in total. The summed E-state index contributed by atoms with van der Waals surface area (Å²) in [4.78, 5) is 27.6. The molecule has 6 heteroatoms. The van der Waals surface area contributed by atoms with E-state index in [2.05, 4.69) is 34.5 Å². The second-order valence-corrected chi connectivity index (χ2v) is 7.16. The summed E-state index contributed by atoms with van der Waals surface area (Å²) >= 11 is 0. The minimum absolute atomic E-state index is 0.229. The molecule has 2 aromatic rings. The number of carbonyl (C=O) groups excluding carboxylic acids is 1. The number of carboxylic acid groups (broad SMARTS) is 1. The molecule has 0 saturated carbocycles. The van der Waals surface area contributed by atoms with Gasteiger partial charge in [-0.25, -0.2) is 4.79 Å². The second kappa shape index (κ2) is 7.31. The summed E-state index contributed by atoms with van der Waals surface area (Å²) in [6.45, 7) is 2.44. The Labute approximate surface area is 158 Å². The quantitative estimate of drug-likeness (QED) is 0.873. The molecule has 1 unspecified atom stereocenters. The normalized spacial score (nSPS) is 18.4. The number of anilines is 2. The SMILES string of the molecule is O=C(O)C1CCN(C(=O)Nc2ccccc2CN2CCc3ccccc32)C1. The smallest absolute Gasteiger partial charge is 0.321 e.